The van der Waals surface area contributed by atoms with E-state index in [-0.39, 0.29) is 6.62 Å². The Hall–Kier alpha value is -0.545. The first kappa shape index (κ1) is 9.54. The number of aliphatic hydroxyl groups excluding tert-OH is 1. The highest BCUT2D eigenvalue weighted by Gasteiger charge is 2.40. The smallest absolute Gasteiger partial charge is 0.478 e. The summed E-state index contributed by atoms with van der Waals surface area (Å²) in [5.74, 6) is -0.442. The van der Waals surface area contributed by atoms with Gasteiger partial charge in [0.15, 0.2) is 5.84 Å². The van der Waals surface area contributed by atoms with Crippen LogP contribution in [0.1, 0.15) is 0 Å². The second-order valence-corrected chi connectivity index (χ2v) is 4.74. The number of likely N-dealkylation sites (N-methyl/N-ethyl adjacent to an activating group) is 2. The van der Waals surface area contributed by atoms with Crippen molar-refractivity contribution in [1.29, 1.82) is 0 Å². The molecule has 4 nitrogen and oxygen atoms in total. The fraction of sp³-hybridized carbons (Fsp3) is 0.857. The maximum atomic E-state index is 9.16. The van der Waals surface area contributed by atoms with Crippen molar-refractivity contribution < 1.29 is 19.0 Å². The number of aliphatic hydroxyl groups is 2. The van der Waals surface area contributed by atoms with Gasteiger partial charge in [0.05, 0.1) is 13.1 Å². The molecule has 1 aliphatic rings. The molecule has 0 bridgehead atoms. The lowest BCUT2D eigenvalue weighted by molar-refractivity contribution is -0.825. The maximum Gasteiger partial charge on any atom is 0.478 e. The van der Waals surface area contributed by atoms with Gasteiger partial charge in [-0.25, -0.2) is 0 Å². The van der Waals surface area contributed by atoms with E-state index in [0.717, 1.165) is 13.1 Å². The van der Waals surface area contributed by atoms with Crippen LogP contribution in [0.5, 0.6) is 0 Å². The van der Waals surface area contributed by atoms with E-state index < -0.39 is 5.84 Å². The summed E-state index contributed by atoms with van der Waals surface area (Å²) in [7, 11) is 8.07. The summed E-state index contributed by atoms with van der Waals surface area (Å²) >= 11 is 0. The highest BCUT2D eigenvalue weighted by atomic mass is 16.5. The first-order valence-electron chi connectivity index (χ1n) is 4.17. The second-order valence-electron chi connectivity index (χ2n) is 4.74. The van der Waals surface area contributed by atoms with E-state index in [0.29, 0.717) is 8.79 Å². The summed E-state index contributed by atoms with van der Waals surface area (Å²) < 4.78 is 1.30. The normalized spacial score (nSPS) is 25.8. The van der Waals surface area contributed by atoms with E-state index >= 15 is 0 Å². The fourth-order valence-corrected chi connectivity index (χ4v) is 2.23. The quantitative estimate of drug-likeness (QED) is 0.464. The minimum absolute atomic E-state index is 0.204. The lowest BCUT2D eigenvalue weighted by Crippen LogP contribution is -2.57. The van der Waals surface area contributed by atoms with E-state index in [1.807, 2.05) is 28.2 Å². The number of rotatable bonds is 0. The Bertz CT molecular complexity index is 214. The van der Waals surface area contributed by atoms with E-state index in [1.165, 1.54) is 0 Å². The zero-order valence-electron chi connectivity index (χ0n) is 8.28. The summed E-state index contributed by atoms with van der Waals surface area (Å²) in [5, 5.41) is 18.3. The van der Waals surface area contributed by atoms with Crippen LogP contribution < -0.4 is 0 Å². The van der Waals surface area contributed by atoms with Gasteiger partial charge in [-0.05, 0) is 0 Å². The van der Waals surface area contributed by atoms with Crippen molar-refractivity contribution in [2.75, 3.05) is 41.3 Å². The molecular weight excluding hydrogens is 155 g/mol. The van der Waals surface area contributed by atoms with E-state index in [4.69, 9.17) is 10.2 Å². The third kappa shape index (κ3) is 1.34. The topological polar surface area (TPSA) is 40.5 Å². The van der Waals surface area contributed by atoms with Gasteiger partial charge in [-0.3, -0.25) is 0 Å². The molecule has 0 aromatic rings. The lowest BCUT2D eigenvalue weighted by atomic mass is 9.85. The van der Waals surface area contributed by atoms with Crippen LogP contribution in [0, 0.1) is 0 Å². The van der Waals surface area contributed by atoms with Crippen LogP contribution in [0.15, 0.2) is 0 Å². The molecule has 0 radical (unpaired) electrons. The van der Waals surface area contributed by atoms with Crippen LogP contribution in [0.2, 0.25) is 0 Å². The van der Waals surface area contributed by atoms with Crippen LogP contribution in [-0.4, -0.2) is 72.7 Å². The van der Waals surface area contributed by atoms with Crippen LogP contribution in [0.4, 0.5) is 0 Å². The molecule has 0 aromatic heterocycles. The molecule has 1 fully saturated rings. The second kappa shape index (κ2) is 2.47. The van der Waals surface area contributed by atoms with Crippen molar-refractivity contribution in [3.05, 3.63) is 0 Å². The Morgan fingerprint density at radius 2 is 1.33 bits per heavy atom. The number of quaternary nitrogens is 2. The standard InChI is InChI=1S/C7H17BN2O2/c1-9(2)5-6-10(3,4)8(9)7(11)12/h5-6H2,1-4H3,(H-,11,12)/p+1. The summed E-state index contributed by atoms with van der Waals surface area (Å²) in [6.07, 6.45) is 0. The number of hydrogen-bond donors (Lipinski definition) is 2. The number of hydrogen-bond acceptors (Lipinski definition) is 2. The Morgan fingerprint density at radius 3 is 1.50 bits per heavy atom. The number of nitrogens with zero attached hydrogens (tertiary/aromatic N) is 2. The molecule has 0 spiro atoms. The predicted molar refractivity (Wildman–Crippen MR) is 48.6 cm³/mol. The van der Waals surface area contributed by atoms with Gasteiger partial charge < -0.3 is 19.0 Å². The molecule has 1 aliphatic heterocycles. The van der Waals surface area contributed by atoms with Gasteiger partial charge in [-0.15, -0.1) is 0 Å². The van der Waals surface area contributed by atoms with Gasteiger partial charge >= 0.3 is 6.62 Å². The van der Waals surface area contributed by atoms with Gasteiger partial charge in [0.25, 0.3) is 0 Å². The van der Waals surface area contributed by atoms with Crippen molar-refractivity contribution >= 4 is 12.5 Å². The van der Waals surface area contributed by atoms with Crippen molar-refractivity contribution in [3.8, 4) is 0 Å². The molecule has 5 heteroatoms. The summed E-state index contributed by atoms with van der Waals surface area (Å²) in [6, 6.07) is 0. The van der Waals surface area contributed by atoms with E-state index in [2.05, 4.69) is 0 Å². The Morgan fingerprint density at radius 1 is 1.00 bits per heavy atom. The Kier molecular flexibility index (Phi) is 1.96. The summed E-state index contributed by atoms with van der Waals surface area (Å²) in [4.78, 5) is 0. The Balaban J connectivity index is 3.15. The summed E-state index contributed by atoms with van der Waals surface area (Å²) in [6.45, 7) is 1.75. The van der Waals surface area contributed by atoms with Crippen LogP contribution in [0.3, 0.4) is 0 Å². The summed E-state index contributed by atoms with van der Waals surface area (Å²) in [5.41, 5.74) is 0. The molecule has 1 rings (SSSR count). The average Bonchev–Trinajstić information content (AvgIpc) is 2.01. The molecule has 0 unspecified atom stereocenters. The van der Waals surface area contributed by atoms with Gasteiger partial charge in [0, 0.05) is 28.2 Å². The largest absolute Gasteiger partial charge is 0.508 e. The van der Waals surface area contributed by atoms with Gasteiger partial charge in [0.2, 0.25) is 0 Å². The van der Waals surface area contributed by atoms with Crippen LogP contribution in [0.25, 0.3) is 0 Å². The third-order valence-electron chi connectivity index (χ3n) is 2.81. The molecule has 1 heterocycles. The molecule has 1 saturated heterocycles. The highest BCUT2D eigenvalue weighted by molar-refractivity contribution is 6.55. The van der Waals surface area contributed by atoms with Crippen LogP contribution in [-0.2, 0) is 0 Å². The lowest BCUT2D eigenvalue weighted by Gasteiger charge is -2.38. The minimum Gasteiger partial charge on any atom is -0.508 e. The zero-order valence-corrected chi connectivity index (χ0v) is 8.28. The molecule has 0 atom stereocenters. The van der Waals surface area contributed by atoms with Crippen molar-refractivity contribution in [3.63, 3.8) is 0 Å². The van der Waals surface area contributed by atoms with Gasteiger partial charge in [0.1, 0.15) is 0 Å². The van der Waals surface area contributed by atoms with E-state index in [1.54, 1.807) is 0 Å². The predicted octanol–water partition coefficient (Wildman–Crippen LogP) is -0.945. The van der Waals surface area contributed by atoms with Crippen molar-refractivity contribution in [1.82, 2.24) is 0 Å². The molecule has 0 saturated carbocycles. The van der Waals surface area contributed by atoms with Gasteiger partial charge in [-0.1, -0.05) is 0 Å². The third-order valence-corrected chi connectivity index (χ3v) is 2.81. The minimum atomic E-state index is -0.442. The van der Waals surface area contributed by atoms with Crippen LogP contribution >= 0.6 is 0 Å². The Labute approximate surface area is 73.6 Å². The van der Waals surface area contributed by atoms with Crippen molar-refractivity contribution in [2.24, 2.45) is 0 Å². The molecule has 0 amide bonds. The SMILES string of the molecule is C[N+]1(C)CC[N+](C)(C)[B-]1=C(O)O. The maximum absolute atomic E-state index is 9.16. The first-order chi connectivity index (χ1) is 5.27. The van der Waals surface area contributed by atoms with Crippen molar-refractivity contribution in [2.45, 2.75) is 0 Å². The van der Waals surface area contributed by atoms with E-state index in [9.17, 15) is 0 Å². The molecule has 2 N–H and O–H groups in total. The highest BCUT2D eigenvalue weighted by Crippen LogP contribution is 2.16. The molecule has 0 aliphatic carbocycles. The monoisotopic (exact) mass is 173 g/mol. The first-order valence-corrected chi connectivity index (χ1v) is 4.17. The fourth-order valence-electron chi connectivity index (χ4n) is 2.23. The molecule has 0 aromatic carbocycles. The van der Waals surface area contributed by atoms with Gasteiger partial charge in [-0.2, -0.15) is 0 Å². The molecular formula is C7H18BN2O2+. The molecule has 70 valence electrons. The molecule has 12 heavy (non-hydrogen) atoms. The average molecular weight is 173 g/mol. The zero-order chi connectivity index (χ0) is 9.57.